The minimum absolute atomic E-state index is 0.198. The van der Waals surface area contributed by atoms with Crippen LogP contribution in [0.5, 0.6) is 0 Å². The number of anilines is 1. The minimum atomic E-state index is -1.25. The van der Waals surface area contributed by atoms with Crippen LogP contribution >= 0.6 is 0 Å². The van der Waals surface area contributed by atoms with E-state index < -0.39 is 11.4 Å². The number of nitrogens with zero attached hydrogens (tertiary/aromatic N) is 1. The van der Waals surface area contributed by atoms with E-state index in [0.717, 1.165) is 0 Å². The molecule has 7 heteroatoms. The lowest BCUT2D eigenvalue weighted by molar-refractivity contribution is 0.0696. The van der Waals surface area contributed by atoms with Gasteiger partial charge in [0.1, 0.15) is 11.4 Å². The lowest BCUT2D eigenvalue weighted by Crippen LogP contribution is -2.34. The van der Waals surface area contributed by atoms with Gasteiger partial charge >= 0.3 is 5.97 Å². The summed E-state index contributed by atoms with van der Waals surface area (Å²) in [7, 11) is 1.56. The molecule has 22 heavy (non-hydrogen) atoms. The summed E-state index contributed by atoms with van der Waals surface area (Å²) in [6, 6.07) is 6.61. The van der Waals surface area contributed by atoms with E-state index in [4.69, 9.17) is 10.5 Å². The smallest absolute Gasteiger partial charge is 0.343 e. The molecule has 0 amide bonds. The second kappa shape index (κ2) is 5.43. The monoisotopic (exact) mass is 303 g/mol. The van der Waals surface area contributed by atoms with Gasteiger partial charge in [0, 0.05) is 25.6 Å². The summed E-state index contributed by atoms with van der Waals surface area (Å²) < 4.78 is 5.29. The molecular weight excluding hydrogens is 286 g/mol. The van der Waals surface area contributed by atoms with Gasteiger partial charge < -0.3 is 25.5 Å². The number of carboxylic acids is 1. The van der Waals surface area contributed by atoms with Crippen molar-refractivity contribution < 1.29 is 14.6 Å². The molecule has 2 heterocycles. The molecule has 1 aliphatic rings. The number of hydrogen-bond acceptors (Lipinski definition) is 5. The maximum atomic E-state index is 12.5. The number of benzene rings is 1. The Morgan fingerprint density at radius 3 is 2.77 bits per heavy atom. The van der Waals surface area contributed by atoms with Crippen molar-refractivity contribution in [2.24, 2.45) is 5.73 Å². The molecule has 116 valence electrons. The number of pyridine rings is 1. The third kappa shape index (κ3) is 2.24. The average Bonchev–Trinajstić information content (AvgIpc) is 2.87. The summed E-state index contributed by atoms with van der Waals surface area (Å²) in [5.74, 6) is -0.970. The van der Waals surface area contributed by atoms with Crippen LogP contribution in [0.1, 0.15) is 10.4 Å². The largest absolute Gasteiger partial charge is 0.477 e. The second-order valence-corrected chi connectivity index (χ2v) is 5.37. The minimum Gasteiger partial charge on any atom is -0.477 e. The molecule has 0 bridgehead atoms. The fraction of sp³-hybridized carbons (Fsp3) is 0.333. The maximum absolute atomic E-state index is 12.5. The third-order valence-electron chi connectivity index (χ3n) is 4.03. The van der Waals surface area contributed by atoms with Crippen LogP contribution in [-0.4, -0.2) is 48.4 Å². The summed E-state index contributed by atoms with van der Waals surface area (Å²) in [6.07, 6.45) is -0.198. The van der Waals surface area contributed by atoms with Gasteiger partial charge in [-0.15, -0.1) is 0 Å². The number of nitrogens with one attached hydrogen (secondary N) is 1. The lowest BCUT2D eigenvalue weighted by atomic mass is 10.1. The van der Waals surface area contributed by atoms with Gasteiger partial charge in [0.2, 0.25) is 5.43 Å². The van der Waals surface area contributed by atoms with Crippen molar-refractivity contribution >= 4 is 22.7 Å². The van der Waals surface area contributed by atoms with E-state index in [2.05, 4.69) is 4.98 Å². The van der Waals surface area contributed by atoms with Crippen LogP contribution in [0.4, 0.5) is 5.82 Å². The van der Waals surface area contributed by atoms with E-state index in [1.54, 1.807) is 36.3 Å². The van der Waals surface area contributed by atoms with Crippen molar-refractivity contribution in [3.63, 3.8) is 0 Å². The number of carboxylic acid groups (broad SMARTS) is 1. The van der Waals surface area contributed by atoms with E-state index in [1.165, 1.54) is 0 Å². The van der Waals surface area contributed by atoms with Crippen molar-refractivity contribution in [3.8, 4) is 0 Å². The number of para-hydroxylation sites is 1. The number of methoxy groups -OCH3 is 1. The average molecular weight is 303 g/mol. The highest BCUT2D eigenvalue weighted by Gasteiger charge is 2.33. The van der Waals surface area contributed by atoms with Gasteiger partial charge in [0.25, 0.3) is 0 Å². The zero-order valence-electron chi connectivity index (χ0n) is 12.1. The Hall–Kier alpha value is -2.38. The summed E-state index contributed by atoms with van der Waals surface area (Å²) in [5.41, 5.74) is 5.83. The number of hydrogen-bond donors (Lipinski definition) is 3. The zero-order valence-corrected chi connectivity index (χ0v) is 12.1. The summed E-state index contributed by atoms with van der Waals surface area (Å²) in [5, 5.41) is 9.80. The number of aromatic amines is 1. The quantitative estimate of drug-likeness (QED) is 0.757. The first-order chi connectivity index (χ1) is 10.5. The third-order valence-corrected chi connectivity index (χ3v) is 4.03. The first-order valence-corrected chi connectivity index (χ1v) is 6.94. The molecule has 1 saturated heterocycles. The zero-order chi connectivity index (χ0) is 15.9. The molecule has 0 aliphatic carbocycles. The van der Waals surface area contributed by atoms with Crippen LogP contribution in [0.2, 0.25) is 0 Å². The lowest BCUT2D eigenvalue weighted by Gasteiger charge is -2.20. The number of aromatic nitrogens is 1. The second-order valence-electron chi connectivity index (χ2n) is 5.37. The molecule has 2 aromatic rings. The molecule has 1 aromatic carbocycles. The number of nitrogens with two attached hydrogens (primary N) is 1. The van der Waals surface area contributed by atoms with Gasteiger partial charge in [0.15, 0.2) is 0 Å². The predicted molar refractivity (Wildman–Crippen MR) is 82.5 cm³/mol. The molecule has 1 aliphatic heterocycles. The van der Waals surface area contributed by atoms with Gasteiger partial charge in [0.05, 0.1) is 17.7 Å². The van der Waals surface area contributed by atoms with Crippen molar-refractivity contribution in [1.29, 1.82) is 0 Å². The fourth-order valence-corrected chi connectivity index (χ4v) is 2.89. The van der Waals surface area contributed by atoms with Crippen LogP contribution in [0.15, 0.2) is 29.1 Å². The van der Waals surface area contributed by atoms with Crippen LogP contribution in [0.25, 0.3) is 10.9 Å². The Labute approximate surface area is 126 Å². The van der Waals surface area contributed by atoms with Crippen molar-refractivity contribution in [2.75, 3.05) is 25.1 Å². The van der Waals surface area contributed by atoms with Crippen LogP contribution < -0.4 is 16.1 Å². The first-order valence-electron chi connectivity index (χ1n) is 6.94. The van der Waals surface area contributed by atoms with E-state index in [1.807, 2.05) is 0 Å². The number of ether oxygens (including phenoxy) is 1. The molecular formula is C15H17N3O4. The molecule has 0 unspecified atom stereocenters. The normalized spacial score (nSPS) is 21.5. The van der Waals surface area contributed by atoms with E-state index in [9.17, 15) is 14.7 Å². The molecule has 2 atom stereocenters. The van der Waals surface area contributed by atoms with Crippen LogP contribution in [0.3, 0.4) is 0 Å². The Bertz CT molecular complexity index is 786. The van der Waals surface area contributed by atoms with Gasteiger partial charge in [-0.3, -0.25) is 4.79 Å². The molecule has 3 rings (SSSR count). The molecule has 0 spiro atoms. The molecule has 1 aromatic heterocycles. The van der Waals surface area contributed by atoms with E-state index in [-0.39, 0.29) is 23.5 Å². The van der Waals surface area contributed by atoms with Crippen molar-refractivity contribution in [2.45, 2.75) is 12.1 Å². The topological polar surface area (TPSA) is 109 Å². The van der Waals surface area contributed by atoms with Crippen LogP contribution in [-0.2, 0) is 4.74 Å². The summed E-state index contributed by atoms with van der Waals surface area (Å²) in [6.45, 7) is 0.860. The number of fused-ring (bicyclic) bond motifs is 1. The van der Waals surface area contributed by atoms with Gasteiger partial charge in [-0.1, -0.05) is 12.1 Å². The standard InChI is InChI=1S/C15H17N3O4/c1-22-11-7-18(6-9(11)16)14-12(15(20)21)13(19)8-4-2-3-5-10(8)17-14/h2-5,9,11H,6-7,16H2,1H3,(H,17,19)(H,20,21)/t9-,11+/m0/s1. The van der Waals surface area contributed by atoms with Gasteiger partial charge in [-0.05, 0) is 12.1 Å². The molecule has 4 N–H and O–H groups in total. The fourth-order valence-electron chi connectivity index (χ4n) is 2.89. The van der Waals surface area contributed by atoms with Crippen molar-refractivity contribution in [3.05, 3.63) is 40.1 Å². The molecule has 1 fully saturated rings. The SMILES string of the molecule is CO[C@@H]1CN(c2[nH]c3ccccc3c(=O)c2C(=O)O)C[C@@H]1N. The number of carbonyl (C=O) groups is 1. The number of aromatic carboxylic acids is 1. The highest BCUT2D eigenvalue weighted by molar-refractivity contribution is 5.98. The Kier molecular flexibility index (Phi) is 3.59. The number of rotatable bonds is 3. The summed E-state index contributed by atoms with van der Waals surface area (Å²) in [4.78, 5) is 28.9. The molecule has 7 nitrogen and oxygen atoms in total. The van der Waals surface area contributed by atoms with Gasteiger partial charge in [-0.25, -0.2) is 4.79 Å². The highest BCUT2D eigenvalue weighted by Crippen LogP contribution is 2.24. The van der Waals surface area contributed by atoms with Crippen LogP contribution in [0, 0.1) is 0 Å². The van der Waals surface area contributed by atoms with E-state index >= 15 is 0 Å². The van der Waals surface area contributed by atoms with Crippen molar-refractivity contribution in [1.82, 2.24) is 4.98 Å². The predicted octanol–water partition coefficient (Wildman–Crippen LogP) is 0.389. The van der Waals surface area contributed by atoms with Gasteiger partial charge in [-0.2, -0.15) is 0 Å². The highest BCUT2D eigenvalue weighted by atomic mass is 16.5. The Morgan fingerprint density at radius 1 is 1.41 bits per heavy atom. The molecule has 0 saturated carbocycles. The Morgan fingerprint density at radius 2 is 2.14 bits per heavy atom. The first kappa shape index (κ1) is 14.6. The molecule has 0 radical (unpaired) electrons. The Balaban J connectivity index is 2.19. The number of H-pyrrole nitrogens is 1. The maximum Gasteiger partial charge on any atom is 0.343 e. The summed E-state index contributed by atoms with van der Waals surface area (Å²) >= 11 is 0. The van der Waals surface area contributed by atoms with E-state index in [0.29, 0.717) is 24.0 Å².